The van der Waals surface area contributed by atoms with Crippen LogP contribution in [0.2, 0.25) is 0 Å². The van der Waals surface area contributed by atoms with Crippen molar-refractivity contribution in [2.24, 2.45) is 5.92 Å². The SMILES string of the molecule is CC(C)CCN(C)c1c(F)c(F)nc(F)c1F. The summed E-state index contributed by atoms with van der Waals surface area (Å²) in [6.45, 7) is 4.18. The summed E-state index contributed by atoms with van der Waals surface area (Å²) in [7, 11) is 1.38. The maximum absolute atomic E-state index is 13.3. The molecule has 0 saturated heterocycles. The molecule has 0 aliphatic rings. The number of anilines is 1. The molecule has 0 radical (unpaired) electrons. The van der Waals surface area contributed by atoms with Crippen LogP contribution in [0, 0.1) is 29.4 Å². The third kappa shape index (κ3) is 3.08. The van der Waals surface area contributed by atoms with E-state index in [1.807, 2.05) is 13.8 Å². The first kappa shape index (κ1) is 13.7. The summed E-state index contributed by atoms with van der Waals surface area (Å²) in [6, 6.07) is 0. The van der Waals surface area contributed by atoms with Crippen molar-refractivity contribution in [2.45, 2.75) is 20.3 Å². The Balaban J connectivity index is 3.03. The van der Waals surface area contributed by atoms with Gasteiger partial charge in [0.25, 0.3) is 11.9 Å². The monoisotopic (exact) mass is 250 g/mol. The van der Waals surface area contributed by atoms with Gasteiger partial charge in [0, 0.05) is 13.6 Å². The van der Waals surface area contributed by atoms with Crippen LogP contribution in [0.4, 0.5) is 23.2 Å². The molecule has 0 N–H and O–H groups in total. The van der Waals surface area contributed by atoms with Gasteiger partial charge in [-0.2, -0.15) is 22.5 Å². The van der Waals surface area contributed by atoms with Crippen LogP contribution in [0.25, 0.3) is 0 Å². The molecule has 0 bridgehead atoms. The Morgan fingerprint density at radius 1 is 1.06 bits per heavy atom. The predicted molar refractivity (Wildman–Crippen MR) is 56.8 cm³/mol. The highest BCUT2D eigenvalue weighted by Gasteiger charge is 2.23. The summed E-state index contributed by atoms with van der Waals surface area (Å²) in [4.78, 5) is 3.65. The number of rotatable bonds is 4. The highest BCUT2D eigenvalue weighted by molar-refractivity contribution is 5.47. The molecule has 0 atom stereocenters. The minimum Gasteiger partial charge on any atom is -0.370 e. The Morgan fingerprint density at radius 3 is 1.94 bits per heavy atom. The number of aromatic nitrogens is 1. The molecule has 0 amide bonds. The Morgan fingerprint density at radius 2 is 1.53 bits per heavy atom. The van der Waals surface area contributed by atoms with Crippen molar-refractivity contribution >= 4 is 5.69 Å². The Hall–Kier alpha value is -1.33. The van der Waals surface area contributed by atoms with Crippen LogP contribution < -0.4 is 4.90 Å². The first-order valence-electron chi connectivity index (χ1n) is 5.25. The summed E-state index contributed by atoms with van der Waals surface area (Å²) in [5, 5.41) is 0. The van der Waals surface area contributed by atoms with Gasteiger partial charge < -0.3 is 4.90 Å². The third-order valence-electron chi connectivity index (χ3n) is 2.40. The maximum atomic E-state index is 13.3. The molecule has 1 rings (SSSR count). The van der Waals surface area contributed by atoms with Crippen LogP contribution in [0.1, 0.15) is 20.3 Å². The van der Waals surface area contributed by atoms with E-state index in [0.29, 0.717) is 18.9 Å². The lowest BCUT2D eigenvalue weighted by atomic mass is 10.1. The minimum atomic E-state index is -1.63. The maximum Gasteiger partial charge on any atom is 0.253 e. The van der Waals surface area contributed by atoms with Crippen molar-refractivity contribution in [2.75, 3.05) is 18.5 Å². The Bertz CT molecular complexity index is 381. The number of nitrogens with zero attached hydrogens (tertiary/aromatic N) is 2. The van der Waals surface area contributed by atoms with E-state index in [1.54, 1.807) is 0 Å². The largest absolute Gasteiger partial charge is 0.370 e. The summed E-state index contributed by atoms with van der Waals surface area (Å²) in [5.74, 6) is -5.86. The third-order valence-corrected chi connectivity index (χ3v) is 2.40. The van der Waals surface area contributed by atoms with Gasteiger partial charge in [0.2, 0.25) is 11.6 Å². The van der Waals surface area contributed by atoms with Gasteiger partial charge in [-0.3, -0.25) is 0 Å². The lowest BCUT2D eigenvalue weighted by molar-refractivity contribution is 0.406. The summed E-state index contributed by atoms with van der Waals surface area (Å²) in [5.41, 5.74) is -0.712. The molecule has 0 aliphatic heterocycles. The molecule has 0 aliphatic carbocycles. The molecule has 1 heterocycles. The fourth-order valence-corrected chi connectivity index (χ4v) is 1.37. The normalized spacial score (nSPS) is 11.1. The van der Waals surface area contributed by atoms with Gasteiger partial charge in [0.15, 0.2) is 0 Å². The Labute approximate surface area is 97.3 Å². The average molecular weight is 250 g/mol. The summed E-state index contributed by atoms with van der Waals surface area (Å²) >= 11 is 0. The molecule has 2 nitrogen and oxygen atoms in total. The fourth-order valence-electron chi connectivity index (χ4n) is 1.37. The zero-order valence-corrected chi connectivity index (χ0v) is 9.90. The van der Waals surface area contributed by atoms with Gasteiger partial charge in [0.05, 0.1) is 0 Å². The summed E-state index contributed by atoms with van der Waals surface area (Å²) in [6.07, 6.45) is 0.654. The van der Waals surface area contributed by atoms with Gasteiger partial charge in [-0.1, -0.05) is 13.8 Å². The van der Waals surface area contributed by atoms with E-state index in [2.05, 4.69) is 4.98 Å². The van der Waals surface area contributed by atoms with Crippen LogP contribution in [-0.2, 0) is 0 Å². The quantitative estimate of drug-likeness (QED) is 0.603. The second-order valence-corrected chi connectivity index (χ2v) is 4.27. The number of halogens is 4. The smallest absolute Gasteiger partial charge is 0.253 e. The standard InChI is InChI=1S/C11H14F4N2/c1-6(2)4-5-17(3)9-7(12)10(14)16-11(15)8(9)13/h6H,4-5H2,1-3H3. The van der Waals surface area contributed by atoms with E-state index in [0.717, 1.165) is 4.90 Å². The van der Waals surface area contributed by atoms with Crippen LogP contribution in [0.15, 0.2) is 0 Å². The van der Waals surface area contributed by atoms with Crippen LogP contribution in [-0.4, -0.2) is 18.6 Å². The van der Waals surface area contributed by atoms with Crippen molar-refractivity contribution in [1.29, 1.82) is 0 Å². The number of pyridine rings is 1. The second kappa shape index (κ2) is 5.33. The van der Waals surface area contributed by atoms with Gasteiger partial charge >= 0.3 is 0 Å². The van der Waals surface area contributed by atoms with E-state index in [4.69, 9.17) is 0 Å². The first-order valence-corrected chi connectivity index (χ1v) is 5.25. The second-order valence-electron chi connectivity index (χ2n) is 4.27. The van der Waals surface area contributed by atoms with Gasteiger partial charge in [-0.05, 0) is 12.3 Å². The molecule has 1 aromatic heterocycles. The summed E-state index contributed by atoms with van der Waals surface area (Å²) < 4.78 is 52.4. The van der Waals surface area contributed by atoms with Crippen molar-refractivity contribution < 1.29 is 17.6 Å². The van der Waals surface area contributed by atoms with Crippen LogP contribution in [0.3, 0.4) is 0 Å². The number of hydrogen-bond donors (Lipinski definition) is 0. The molecule has 1 aromatic rings. The van der Waals surface area contributed by atoms with Crippen molar-refractivity contribution in [1.82, 2.24) is 4.98 Å². The predicted octanol–water partition coefficient (Wildman–Crippen LogP) is 3.12. The average Bonchev–Trinajstić information content (AvgIpc) is 2.24. The molecule has 17 heavy (non-hydrogen) atoms. The minimum absolute atomic E-state index is 0.300. The number of hydrogen-bond acceptors (Lipinski definition) is 2. The Kier molecular flexibility index (Phi) is 4.31. The molecule has 0 aromatic carbocycles. The van der Waals surface area contributed by atoms with E-state index < -0.39 is 29.2 Å². The zero-order chi connectivity index (χ0) is 13.2. The molecule has 6 heteroatoms. The van der Waals surface area contributed by atoms with E-state index in [-0.39, 0.29) is 0 Å². The molecular formula is C11H14F4N2. The molecule has 0 unspecified atom stereocenters. The van der Waals surface area contributed by atoms with Gasteiger partial charge in [-0.25, -0.2) is 0 Å². The van der Waals surface area contributed by atoms with Crippen molar-refractivity contribution in [3.8, 4) is 0 Å². The topological polar surface area (TPSA) is 16.1 Å². The van der Waals surface area contributed by atoms with Crippen molar-refractivity contribution in [3.63, 3.8) is 0 Å². The molecule has 96 valence electrons. The van der Waals surface area contributed by atoms with Gasteiger partial charge in [-0.15, -0.1) is 0 Å². The van der Waals surface area contributed by atoms with E-state index in [9.17, 15) is 17.6 Å². The van der Waals surface area contributed by atoms with Gasteiger partial charge in [0.1, 0.15) is 5.69 Å². The van der Waals surface area contributed by atoms with Crippen molar-refractivity contribution in [3.05, 3.63) is 23.5 Å². The lowest BCUT2D eigenvalue weighted by Gasteiger charge is -2.21. The molecule has 0 spiro atoms. The van der Waals surface area contributed by atoms with E-state index >= 15 is 0 Å². The molecule has 0 saturated carbocycles. The molecule has 0 fully saturated rings. The first-order chi connectivity index (χ1) is 7.84. The molecular weight excluding hydrogens is 236 g/mol. The zero-order valence-electron chi connectivity index (χ0n) is 9.90. The lowest BCUT2D eigenvalue weighted by Crippen LogP contribution is -2.24. The fraction of sp³-hybridized carbons (Fsp3) is 0.545. The van der Waals surface area contributed by atoms with Crippen LogP contribution in [0.5, 0.6) is 0 Å². The highest BCUT2D eigenvalue weighted by Crippen LogP contribution is 2.25. The highest BCUT2D eigenvalue weighted by atomic mass is 19.2. The van der Waals surface area contributed by atoms with Crippen LogP contribution >= 0.6 is 0 Å². The van der Waals surface area contributed by atoms with E-state index in [1.165, 1.54) is 7.05 Å².